The third-order valence-electron chi connectivity index (χ3n) is 4.74. The predicted octanol–water partition coefficient (Wildman–Crippen LogP) is 2.14. The van der Waals surface area contributed by atoms with E-state index in [2.05, 4.69) is 11.8 Å². The number of likely N-dealkylation sites (tertiary alicyclic amines) is 2. The van der Waals surface area contributed by atoms with E-state index < -0.39 is 0 Å². The van der Waals surface area contributed by atoms with Crippen LogP contribution in [0.5, 0.6) is 0 Å². The fourth-order valence-electron chi connectivity index (χ4n) is 3.16. The summed E-state index contributed by atoms with van der Waals surface area (Å²) in [5.74, 6) is 1.11. The van der Waals surface area contributed by atoms with E-state index in [0.29, 0.717) is 6.10 Å². The van der Waals surface area contributed by atoms with Crippen LogP contribution in [-0.4, -0.2) is 61.1 Å². The van der Waals surface area contributed by atoms with Gasteiger partial charge in [-0.05, 0) is 51.1 Å². The molecule has 2 aliphatic heterocycles. The van der Waals surface area contributed by atoms with Crippen molar-refractivity contribution in [2.45, 2.75) is 52.1 Å². The maximum absolute atomic E-state index is 11.2. The van der Waals surface area contributed by atoms with Gasteiger partial charge in [-0.25, -0.2) is 0 Å². The van der Waals surface area contributed by atoms with Crippen LogP contribution in [0.2, 0.25) is 0 Å². The average Bonchev–Trinajstić information content (AvgIpc) is 2.46. The molecule has 1 amide bonds. The van der Waals surface area contributed by atoms with Crippen molar-refractivity contribution in [2.24, 2.45) is 5.92 Å². The molecule has 0 aromatic carbocycles. The van der Waals surface area contributed by atoms with Crippen molar-refractivity contribution in [3.05, 3.63) is 0 Å². The summed E-state index contributed by atoms with van der Waals surface area (Å²) >= 11 is 0. The van der Waals surface area contributed by atoms with E-state index in [1.54, 1.807) is 6.92 Å². The number of nitrogens with zero attached hydrogens (tertiary/aromatic N) is 2. The second-order valence-electron chi connectivity index (χ2n) is 6.45. The molecule has 2 rings (SSSR count). The molecule has 0 aliphatic carbocycles. The standard InChI is InChI=1S/C16H30N2O2/c1-14-4-9-17(10-5-14)8-3-13-20-16-6-11-18(12-7-16)15(2)19/h14,16H,3-13H2,1-2H3. The summed E-state index contributed by atoms with van der Waals surface area (Å²) in [6.45, 7) is 10.3. The second kappa shape index (κ2) is 7.99. The molecule has 2 aliphatic rings. The summed E-state index contributed by atoms with van der Waals surface area (Å²) in [6.07, 6.45) is 6.21. The molecule has 0 saturated carbocycles. The van der Waals surface area contributed by atoms with Gasteiger partial charge in [-0.1, -0.05) is 6.92 Å². The largest absolute Gasteiger partial charge is 0.378 e. The first-order chi connectivity index (χ1) is 9.65. The molecular weight excluding hydrogens is 252 g/mol. The highest BCUT2D eigenvalue weighted by atomic mass is 16.5. The molecule has 0 spiro atoms. The van der Waals surface area contributed by atoms with Crippen LogP contribution in [0.1, 0.15) is 46.0 Å². The van der Waals surface area contributed by atoms with Gasteiger partial charge in [0.1, 0.15) is 0 Å². The Morgan fingerprint density at radius 3 is 2.35 bits per heavy atom. The molecule has 2 heterocycles. The van der Waals surface area contributed by atoms with Gasteiger partial charge in [0.25, 0.3) is 0 Å². The first-order valence-corrected chi connectivity index (χ1v) is 8.24. The van der Waals surface area contributed by atoms with Crippen LogP contribution >= 0.6 is 0 Å². The van der Waals surface area contributed by atoms with Crippen LogP contribution in [-0.2, 0) is 9.53 Å². The number of hydrogen-bond acceptors (Lipinski definition) is 3. The molecule has 0 unspecified atom stereocenters. The summed E-state index contributed by atoms with van der Waals surface area (Å²) in [5.41, 5.74) is 0. The molecule has 0 radical (unpaired) electrons. The van der Waals surface area contributed by atoms with Gasteiger partial charge in [0.15, 0.2) is 0 Å². The van der Waals surface area contributed by atoms with Crippen molar-refractivity contribution in [3.63, 3.8) is 0 Å². The Morgan fingerprint density at radius 2 is 1.75 bits per heavy atom. The fourth-order valence-corrected chi connectivity index (χ4v) is 3.16. The maximum Gasteiger partial charge on any atom is 0.219 e. The Hall–Kier alpha value is -0.610. The topological polar surface area (TPSA) is 32.8 Å². The lowest BCUT2D eigenvalue weighted by Crippen LogP contribution is -2.40. The number of carbonyl (C=O) groups is 1. The van der Waals surface area contributed by atoms with E-state index in [1.165, 1.54) is 32.5 Å². The first-order valence-electron chi connectivity index (χ1n) is 8.24. The number of hydrogen-bond donors (Lipinski definition) is 0. The van der Waals surface area contributed by atoms with Crippen LogP contribution < -0.4 is 0 Å². The predicted molar refractivity (Wildman–Crippen MR) is 80.7 cm³/mol. The molecule has 0 atom stereocenters. The Kier molecular flexibility index (Phi) is 6.30. The van der Waals surface area contributed by atoms with Crippen LogP contribution in [0, 0.1) is 5.92 Å². The molecule has 0 aromatic heterocycles. The van der Waals surface area contributed by atoms with E-state index in [1.807, 2.05) is 4.90 Å². The number of ether oxygens (including phenoxy) is 1. The van der Waals surface area contributed by atoms with Crippen molar-refractivity contribution >= 4 is 5.91 Å². The van der Waals surface area contributed by atoms with Crippen molar-refractivity contribution in [1.82, 2.24) is 9.80 Å². The van der Waals surface area contributed by atoms with Crippen LogP contribution in [0.3, 0.4) is 0 Å². The Bertz CT molecular complexity index is 293. The molecule has 0 N–H and O–H groups in total. The van der Waals surface area contributed by atoms with Crippen LogP contribution in [0.15, 0.2) is 0 Å². The number of carbonyl (C=O) groups excluding carboxylic acids is 1. The summed E-state index contributed by atoms with van der Waals surface area (Å²) in [5, 5.41) is 0. The van der Waals surface area contributed by atoms with Gasteiger partial charge in [0.05, 0.1) is 6.10 Å². The van der Waals surface area contributed by atoms with E-state index in [0.717, 1.165) is 44.9 Å². The van der Waals surface area contributed by atoms with Gasteiger partial charge in [-0.15, -0.1) is 0 Å². The molecule has 116 valence electrons. The summed E-state index contributed by atoms with van der Waals surface area (Å²) in [4.78, 5) is 15.7. The molecule has 2 saturated heterocycles. The lowest BCUT2D eigenvalue weighted by Gasteiger charge is -2.32. The minimum Gasteiger partial charge on any atom is -0.378 e. The van der Waals surface area contributed by atoms with Gasteiger partial charge < -0.3 is 14.5 Å². The Balaban J connectivity index is 1.50. The SMILES string of the molecule is CC(=O)N1CCC(OCCCN2CCC(C)CC2)CC1. The van der Waals surface area contributed by atoms with Crippen molar-refractivity contribution in [3.8, 4) is 0 Å². The highest BCUT2D eigenvalue weighted by molar-refractivity contribution is 5.73. The molecule has 4 heteroatoms. The number of amides is 1. The van der Waals surface area contributed by atoms with Gasteiger partial charge in [-0.2, -0.15) is 0 Å². The maximum atomic E-state index is 11.2. The Labute approximate surface area is 123 Å². The first kappa shape index (κ1) is 15.8. The minimum atomic E-state index is 0.197. The second-order valence-corrected chi connectivity index (χ2v) is 6.45. The van der Waals surface area contributed by atoms with Crippen LogP contribution in [0.4, 0.5) is 0 Å². The van der Waals surface area contributed by atoms with Crippen molar-refractivity contribution in [2.75, 3.05) is 39.3 Å². The van der Waals surface area contributed by atoms with E-state index in [-0.39, 0.29) is 5.91 Å². The van der Waals surface area contributed by atoms with Gasteiger partial charge >= 0.3 is 0 Å². The van der Waals surface area contributed by atoms with Crippen molar-refractivity contribution < 1.29 is 9.53 Å². The third-order valence-corrected chi connectivity index (χ3v) is 4.74. The number of piperidine rings is 2. The Morgan fingerprint density at radius 1 is 1.10 bits per heavy atom. The third kappa shape index (κ3) is 5.06. The highest BCUT2D eigenvalue weighted by Crippen LogP contribution is 2.17. The molecule has 4 nitrogen and oxygen atoms in total. The van der Waals surface area contributed by atoms with E-state index in [9.17, 15) is 4.79 Å². The zero-order valence-corrected chi connectivity index (χ0v) is 13.1. The highest BCUT2D eigenvalue weighted by Gasteiger charge is 2.21. The molecule has 2 fully saturated rings. The van der Waals surface area contributed by atoms with Gasteiger partial charge in [0, 0.05) is 33.2 Å². The smallest absolute Gasteiger partial charge is 0.219 e. The zero-order chi connectivity index (χ0) is 14.4. The van der Waals surface area contributed by atoms with Crippen molar-refractivity contribution in [1.29, 1.82) is 0 Å². The van der Waals surface area contributed by atoms with Crippen LogP contribution in [0.25, 0.3) is 0 Å². The summed E-state index contributed by atoms with van der Waals surface area (Å²) < 4.78 is 5.96. The lowest BCUT2D eigenvalue weighted by molar-refractivity contribution is -0.131. The van der Waals surface area contributed by atoms with Gasteiger partial charge in [0.2, 0.25) is 5.91 Å². The van der Waals surface area contributed by atoms with E-state index >= 15 is 0 Å². The molecule has 0 aromatic rings. The molecule has 0 bridgehead atoms. The minimum absolute atomic E-state index is 0.197. The fraction of sp³-hybridized carbons (Fsp3) is 0.938. The average molecular weight is 282 g/mol. The summed E-state index contributed by atoms with van der Waals surface area (Å²) in [6, 6.07) is 0. The molecular formula is C16H30N2O2. The zero-order valence-electron chi connectivity index (χ0n) is 13.1. The van der Waals surface area contributed by atoms with E-state index in [4.69, 9.17) is 4.74 Å². The van der Waals surface area contributed by atoms with Gasteiger partial charge in [-0.3, -0.25) is 4.79 Å². The summed E-state index contributed by atoms with van der Waals surface area (Å²) in [7, 11) is 0. The quantitative estimate of drug-likeness (QED) is 0.724. The lowest BCUT2D eigenvalue weighted by atomic mass is 9.99. The monoisotopic (exact) mass is 282 g/mol. The number of rotatable bonds is 5. The normalized spacial score (nSPS) is 23.2. The molecule has 20 heavy (non-hydrogen) atoms.